The first-order chi connectivity index (χ1) is 10.1. The Kier molecular flexibility index (Phi) is 5.64. The molecule has 21 heavy (non-hydrogen) atoms. The maximum absolute atomic E-state index is 9.91. The normalized spacial score (nSPS) is 15.4. The van der Waals surface area contributed by atoms with E-state index in [0.29, 0.717) is 5.75 Å². The van der Waals surface area contributed by atoms with Gasteiger partial charge in [-0.2, -0.15) is 0 Å². The third-order valence-corrected chi connectivity index (χ3v) is 4.09. The van der Waals surface area contributed by atoms with Gasteiger partial charge in [-0.3, -0.25) is 0 Å². The summed E-state index contributed by atoms with van der Waals surface area (Å²) in [5.41, 5.74) is 0.909. The molecule has 0 radical (unpaired) electrons. The van der Waals surface area contributed by atoms with Crippen LogP contribution in [0.4, 0.5) is 5.69 Å². The summed E-state index contributed by atoms with van der Waals surface area (Å²) >= 11 is 5.44. The number of quaternary nitrogens is 1. The molecule has 1 aliphatic heterocycles. The number of nitrogens with one attached hydrogen (secondary N) is 2. The van der Waals surface area contributed by atoms with Crippen molar-refractivity contribution in [2.75, 3.05) is 58.3 Å². The molecule has 1 heterocycles. The number of aromatic hydroxyl groups is 1. The summed E-state index contributed by atoms with van der Waals surface area (Å²) in [6, 6.07) is 7.50. The Labute approximate surface area is 132 Å². The highest BCUT2D eigenvalue weighted by Gasteiger charge is 2.20. The van der Waals surface area contributed by atoms with Gasteiger partial charge in [-0.25, -0.2) is 0 Å². The van der Waals surface area contributed by atoms with E-state index in [1.807, 2.05) is 18.2 Å². The fourth-order valence-electron chi connectivity index (χ4n) is 2.41. The average Bonchev–Trinajstić information content (AvgIpc) is 2.47. The molecule has 2 rings (SSSR count). The van der Waals surface area contributed by atoms with Crippen molar-refractivity contribution in [1.82, 2.24) is 10.2 Å². The number of piperazine rings is 1. The summed E-state index contributed by atoms with van der Waals surface area (Å²) in [4.78, 5) is 5.82. The summed E-state index contributed by atoms with van der Waals surface area (Å²) in [6.07, 6.45) is 0. The topological polar surface area (TPSA) is 43.2 Å². The lowest BCUT2D eigenvalue weighted by molar-refractivity contribution is -0.856. The van der Waals surface area contributed by atoms with E-state index < -0.39 is 0 Å². The van der Waals surface area contributed by atoms with Crippen LogP contribution in [0.15, 0.2) is 24.3 Å². The zero-order chi connectivity index (χ0) is 15.2. The number of nitrogens with zero attached hydrogens (tertiary/aromatic N) is 2. The number of hydrogen-bond acceptors (Lipinski definition) is 3. The number of phenolic OH excluding ortho intramolecular Hbond substituents is 1. The van der Waals surface area contributed by atoms with Gasteiger partial charge in [-0.1, -0.05) is 12.1 Å². The highest BCUT2D eigenvalue weighted by Crippen LogP contribution is 2.27. The van der Waals surface area contributed by atoms with E-state index in [1.54, 1.807) is 6.07 Å². The molecule has 1 aliphatic rings. The predicted octanol–water partition coefficient (Wildman–Crippen LogP) is -0.467. The molecule has 1 aromatic rings. The van der Waals surface area contributed by atoms with E-state index in [2.05, 4.69) is 29.2 Å². The van der Waals surface area contributed by atoms with Crippen LogP contribution in [0.1, 0.15) is 0 Å². The van der Waals surface area contributed by atoms with Crippen LogP contribution in [0.2, 0.25) is 0 Å². The molecule has 5 nitrogen and oxygen atoms in total. The van der Waals surface area contributed by atoms with E-state index in [1.165, 1.54) is 4.90 Å². The van der Waals surface area contributed by atoms with Crippen LogP contribution < -0.4 is 15.1 Å². The molecular formula is C15H25N4OS+. The Morgan fingerprint density at radius 3 is 2.52 bits per heavy atom. The van der Waals surface area contributed by atoms with Gasteiger partial charge >= 0.3 is 0 Å². The van der Waals surface area contributed by atoms with Crippen molar-refractivity contribution in [3.63, 3.8) is 0 Å². The Hall–Kier alpha value is -1.53. The fraction of sp³-hybridized carbons (Fsp3) is 0.533. The number of phenols is 1. The molecule has 0 aromatic heterocycles. The van der Waals surface area contributed by atoms with Gasteiger partial charge in [0.2, 0.25) is 0 Å². The summed E-state index contributed by atoms with van der Waals surface area (Å²) in [6.45, 7) is 5.47. The molecule has 0 unspecified atom stereocenters. The number of thiocarbonyl (C=S) groups is 1. The number of hydrogen-bond donors (Lipinski definition) is 3. The van der Waals surface area contributed by atoms with Crippen molar-refractivity contribution in [1.29, 1.82) is 0 Å². The van der Waals surface area contributed by atoms with Gasteiger partial charge in [0, 0.05) is 26.2 Å². The molecule has 1 saturated heterocycles. The van der Waals surface area contributed by atoms with Crippen molar-refractivity contribution >= 4 is 23.0 Å². The molecule has 3 N–H and O–H groups in total. The monoisotopic (exact) mass is 309 g/mol. The zero-order valence-corrected chi connectivity index (χ0v) is 13.6. The summed E-state index contributed by atoms with van der Waals surface area (Å²) in [5.74, 6) is 0.348. The van der Waals surface area contributed by atoms with Crippen molar-refractivity contribution < 1.29 is 10.0 Å². The van der Waals surface area contributed by atoms with Gasteiger partial charge in [-0.15, -0.1) is 0 Å². The number of para-hydroxylation sites is 2. The lowest BCUT2D eigenvalue weighted by Crippen LogP contribution is -3.06. The lowest BCUT2D eigenvalue weighted by Gasteiger charge is -2.37. The smallest absolute Gasteiger partial charge is 0.169 e. The second kappa shape index (κ2) is 7.47. The molecule has 0 bridgehead atoms. The Bertz CT molecular complexity index is 472. The second-order valence-corrected chi connectivity index (χ2v) is 6.04. The van der Waals surface area contributed by atoms with Crippen LogP contribution in [0, 0.1) is 0 Å². The first-order valence-electron chi connectivity index (χ1n) is 7.42. The number of anilines is 1. The molecule has 0 spiro atoms. The third kappa shape index (κ3) is 4.47. The lowest BCUT2D eigenvalue weighted by atomic mass is 10.2. The zero-order valence-electron chi connectivity index (χ0n) is 12.8. The largest absolute Gasteiger partial charge is 0.506 e. The Balaban J connectivity index is 1.80. The summed E-state index contributed by atoms with van der Waals surface area (Å²) in [7, 11) is 4.27. The van der Waals surface area contributed by atoms with Gasteiger partial charge in [0.05, 0.1) is 32.9 Å². The van der Waals surface area contributed by atoms with Gasteiger partial charge in [0.25, 0.3) is 0 Å². The van der Waals surface area contributed by atoms with Crippen molar-refractivity contribution in [2.24, 2.45) is 0 Å². The minimum Gasteiger partial charge on any atom is -0.506 e. The maximum Gasteiger partial charge on any atom is 0.169 e. The van der Waals surface area contributed by atoms with Gasteiger partial charge in [0.15, 0.2) is 5.11 Å². The molecule has 0 saturated carbocycles. The van der Waals surface area contributed by atoms with Crippen molar-refractivity contribution in [2.45, 2.75) is 0 Å². The minimum atomic E-state index is 0.348. The standard InChI is InChI=1S/C15H24N4OS/c1-17(2)8-7-16-15(21)19-11-9-18(10-12-19)13-5-3-4-6-14(13)20/h3-6,20H,7-12H2,1-2H3,(H,16,21)/p+1. The van der Waals surface area contributed by atoms with Crippen molar-refractivity contribution in [3.05, 3.63) is 24.3 Å². The van der Waals surface area contributed by atoms with Gasteiger partial charge in [-0.05, 0) is 24.4 Å². The summed E-state index contributed by atoms with van der Waals surface area (Å²) in [5, 5.41) is 14.1. The first-order valence-corrected chi connectivity index (χ1v) is 7.83. The van der Waals surface area contributed by atoms with Gasteiger partial charge < -0.3 is 25.1 Å². The van der Waals surface area contributed by atoms with Crippen LogP contribution in [-0.4, -0.2) is 68.5 Å². The SMILES string of the molecule is C[NH+](C)CCNC(=S)N1CCN(c2ccccc2O)CC1. The number of rotatable bonds is 4. The first kappa shape index (κ1) is 15.9. The maximum atomic E-state index is 9.91. The molecule has 116 valence electrons. The third-order valence-electron chi connectivity index (χ3n) is 3.69. The molecule has 6 heteroatoms. The van der Waals surface area contributed by atoms with Crippen LogP contribution >= 0.6 is 12.2 Å². The van der Waals surface area contributed by atoms with E-state index >= 15 is 0 Å². The quantitative estimate of drug-likeness (QED) is 0.657. The van der Waals surface area contributed by atoms with Crippen LogP contribution in [-0.2, 0) is 0 Å². The minimum absolute atomic E-state index is 0.348. The Morgan fingerprint density at radius 2 is 1.90 bits per heavy atom. The van der Waals surface area contributed by atoms with Crippen LogP contribution in [0.25, 0.3) is 0 Å². The summed E-state index contributed by atoms with van der Waals surface area (Å²) < 4.78 is 0. The van der Waals surface area contributed by atoms with Crippen LogP contribution in [0.5, 0.6) is 5.75 Å². The van der Waals surface area contributed by atoms with E-state index in [-0.39, 0.29) is 0 Å². The van der Waals surface area contributed by atoms with E-state index in [9.17, 15) is 5.11 Å². The average molecular weight is 309 g/mol. The molecule has 0 atom stereocenters. The van der Waals surface area contributed by atoms with E-state index in [0.717, 1.165) is 50.1 Å². The number of benzene rings is 1. The second-order valence-electron chi connectivity index (χ2n) is 5.65. The Morgan fingerprint density at radius 1 is 1.24 bits per heavy atom. The van der Waals surface area contributed by atoms with Crippen molar-refractivity contribution in [3.8, 4) is 5.75 Å². The van der Waals surface area contributed by atoms with Crippen LogP contribution in [0.3, 0.4) is 0 Å². The predicted molar refractivity (Wildman–Crippen MR) is 90.2 cm³/mol. The highest BCUT2D eigenvalue weighted by molar-refractivity contribution is 7.80. The molecule has 1 fully saturated rings. The molecule has 1 aromatic carbocycles. The fourth-order valence-corrected chi connectivity index (χ4v) is 2.70. The van der Waals surface area contributed by atoms with Gasteiger partial charge in [0.1, 0.15) is 5.75 Å². The highest BCUT2D eigenvalue weighted by atomic mass is 32.1. The van der Waals surface area contributed by atoms with E-state index in [4.69, 9.17) is 12.2 Å². The molecule has 0 aliphatic carbocycles. The number of likely N-dealkylation sites (N-methyl/N-ethyl adjacent to an activating group) is 1. The molecule has 0 amide bonds. The molecular weight excluding hydrogens is 284 g/mol.